The first-order chi connectivity index (χ1) is 7.84. The minimum absolute atomic E-state index is 0.0760. The van der Waals surface area contributed by atoms with E-state index in [0.717, 1.165) is 18.4 Å². The number of benzene rings is 1. The number of hydrogen-bond acceptors (Lipinski definition) is 1. The van der Waals surface area contributed by atoms with Crippen LogP contribution in [0.2, 0.25) is 0 Å². The maximum Gasteiger partial charge on any atom is 0.165 e. The topological polar surface area (TPSA) is 9.23 Å². The Morgan fingerprint density at radius 2 is 2.00 bits per heavy atom. The van der Waals surface area contributed by atoms with Crippen molar-refractivity contribution in [3.05, 3.63) is 29.6 Å². The van der Waals surface area contributed by atoms with Crippen molar-refractivity contribution in [2.75, 3.05) is 7.11 Å². The Hall–Kier alpha value is -0.760. The number of methoxy groups -OCH3 is 1. The molecule has 0 saturated carbocycles. The zero-order valence-electron chi connectivity index (χ0n) is 10.9. The molecule has 1 aromatic carbocycles. The van der Waals surface area contributed by atoms with Gasteiger partial charge in [-0.15, -0.1) is 11.6 Å². The van der Waals surface area contributed by atoms with Gasteiger partial charge in [-0.05, 0) is 36.0 Å². The molecular weight excluding hydrogens is 239 g/mol. The van der Waals surface area contributed by atoms with Gasteiger partial charge in [-0.2, -0.15) is 0 Å². The van der Waals surface area contributed by atoms with Crippen molar-refractivity contribution in [3.63, 3.8) is 0 Å². The Morgan fingerprint density at radius 1 is 1.35 bits per heavy atom. The Balaban J connectivity index is 2.61. The third kappa shape index (κ3) is 4.19. The lowest BCUT2D eigenvalue weighted by atomic mass is 9.88. The van der Waals surface area contributed by atoms with Gasteiger partial charge in [0, 0.05) is 5.38 Å². The molecule has 0 aliphatic carbocycles. The number of rotatable bonds is 4. The smallest absolute Gasteiger partial charge is 0.165 e. The van der Waals surface area contributed by atoms with Gasteiger partial charge in [-0.3, -0.25) is 0 Å². The molecular formula is C14H20ClFO. The second kappa shape index (κ2) is 5.72. The zero-order chi connectivity index (χ0) is 13.1. The summed E-state index contributed by atoms with van der Waals surface area (Å²) >= 11 is 6.29. The van der Waals surface area contributed by atoms with Crippen LogP contribution in [0.3, 0.4) is 0 Å². The quantitative estimate of drug-likeness (QED) is 0.727. The van der Waals surface area contributed by atoms with Crippen LogP contribution >= 0.6 is 11.6 Å². The Bertz CT molecular complexity index is 371. The molecule has 0 amide bonds. The summed E-state index contributed by atoms with van der Waals surface area (Å²) in [6, 6.07) is 5.06. The highest BCUT2D eigenvalue weighted by Gasteiger charge is 2.21. The van der Waals surface area contributed by atoms with Crippen molar-refractivity contribution in [2.45, 2.75) is 39.0 Å². The van der Waals surface area contributed by atoms with Gasteiger partial charge in [0.15, 0.2) is 11.6 Å². The number of ether oxygens (including phenoxy) is 1. The van der Waals surface area contributed by atoms with Gasteiger partial charge < -0.3 is 4.74 Å². The average Bonchev–Trinajstić information content (AvgIpc) is 2.24. The van der Waals surface area contributed by atoms with E-state index in [1.165, 1.54) is 13.2 Å². The van der Waals surface area contributed by atoms with E-state index in [-0.39, 0.29) is 22.4 Å². The van der Waals surface area contributed by atoms with E-state index >= 15 is 0 Å². The Labute approximate surface area is 108 Å². The maximum atomic E-state index is 13.5. The first kappa shape index (κ1) is 14.3. The lowest BCUT2D eigenvalue weighted by Gasteiger charge is -2.25. The van der Waals surface area contributed by atoms with E-state index < -0.39 is 0 Å². The summed E-state index contributed by atoms with van der Waals surface area (Å²) < 4.78 is 18.3. The molecule has 3 heteroatoms. The molecule has 17 heavy (non-hydrogen) atoms. The van der Waals surface area contributed by atoms with Crippen LogP contribution in [-0.4, -0.2) is 12.5 Å². The van der Waals surface area contributed by atoms with Gasteiger partial charge in [-0.1, -0.05) is 26.8 Å². The summed E-state index contributed by atoms with van der Waals surface area (Å²) in [6.45, 7) is 6.33. The van der Waals surface area contributed by atoms with Crippen LogP contribution in [0.5, 0.6) is 5.75 Å². The summed E-state index contributed by atoms with van der Waals surface area (Å²) in [5.74, 6) is -0.0288. The van der Waals surface area contributed by atoms with Crippen molar-refractivity contribution in [1.82, 2.24) is 0 Å². The third-order valence-corrected chi connectivity index (χ3v) is 3.72. The van der Waals surface area contributed by atoms with Gasteiger partial charge in [0.1, 0.15) is 0 Å². The Morgan fingerprint density at radius 3 is 2.47 bits per heavy atom. The molecule has 0 saturated heterocycles. The van der Waals surface area contributed by atoms with Crippen LogP contribution in [0.4, 0.5) is 4.39 Å². The molecule has 0 heterocycles. The molecule has 0 fully saturated rings. The Kier molecular flexibility index (Phi) is 4.81. The normalized spacial score (nSPS) is 13.5. The van der Waals surface area contributed by atoms with Crippen LogP contribution in [0.1, 0.15) is 32.8 Å². The predicted octanol–water partition coefficient (Wildman–Crippen LogP) is 4.42. The van der Waals surface area contributed by atoms with Crippen LogP contribution < -0.4 is 4.74 Å². The molecule has 1 aromatic rings. The molecule has 1 rings (SSSR count). The van der Waals surface area contributed by atoms with Crippen LogP contribution in [0.25, 0.3) is 0 Å². The highest BCUT2D eigenvalue weighted by atomic mass is 35.5. The van der Waals surface area contributed by atoms with E-state index in [0.29, 0.717) is 0 Å². The molecule has 0 spiro atoms. The second-order valence-electron chi connectivity index (χ2n) is 5.34. The first-order valence-corrected chi connectivity index (χ1v) is 6.24. The largest absolute Gasteiger partial charge is 0.494 e. The predicted molar refractivity (Wildman–Crippen MR) is 70.4 cm³/mol. The fourth-order valence-corrected chi connectivity index (χ4v) is 1.70. The minimum atomic E-state index is -0.313. The monoisotopic (exact) mass is 258 g/mol. The van der Waals surface area contributed by atoms with Crippen molar-refractivity contribution >= 4 is 11.6 Å². The summed E-state index contributed by atoms with van der Waals surface area (Å²) in [4.78, 5) is 0. The molecule has 1 nitrogen and oxygen atoms in total. The number of halogens is 2. The molecule has 0 bridgehead atoms. The number of aryl methyl sites for hydroxylation is 1. The second-order valence-corrected chi connectivity index (χ2v) is 5.87. The summed E-state index contributed by atoms with van der Waals surface area (Å²) in [5, 5.41) is 0.0904. The van der Waals surface area contributed by atoms with E-state index in [1.807, 2.05) is 6.07 Å². The lowest BCUT2D eigenvalue weighted by molar-refractivity contribution is 0.373. The highest BCUT2D eigenvalue weighted by molar-refractivity contribution is 6.21. The zero-order valence-corrected chi connectivity index (χ0v) is 11.6. The standard InChI is InChI=1S/C14H20ClFO/c1-14(2,3)13(15)8-6-10-5-7-12(17-4)11(16)9-10/h5,7,9,13H,6,8H2,1-4H3. The summed E-state index contributed by atoms with van der Waals surface area (Å²) in [7, 11) is 1.46. The molecule has 1 atom stereocenters. The fourth-order valence-electron chi connectivity index (χ4n) is 1.59. The van der Waals surface area contributed by atoms with E-state index in [9.17, 15) is 4.39 Å². The molecule has 0 N–H and O–H groups in total. The number of alkyl halides is 1. The van der Waals surface area contributed by atoms with Crippen molar-refractivity contribution in [2.24, 2.45) is 5.41 Å². The van der Waals surface area contributed by atoms with E-state index in [1.54, 1.807) is 6.07 Å². The van der Waals surface area contributed by atoms with E-state index in [4.69, 9.17) is 16.3 Å². The average molecular weight is 259 g/mol. The van der Waals surface area contributed by atoms with Crippen molar-refractivity contribution in [3.8, 4) is 5.75 Å². The van der Waals surface area contributed by atoms with Gasteiger partial charge in [0.05, 0.1) is 7.11 Å². The first-order valence-electron chi connectivity index (χ1n) is 5.81. The van der Waals surface area contributed by atoms with Gasteiger partial charge in [0.2, 0.25) is 0 Å². The molecule has 0 aliphatic heterocycles. The SMILES string of the molecule is COc1ccc(CCC(Cl)C(C)(C)C)cc1F. The third-order valence-electron chi connectivity index (χ3n) is 2.84. The highest BCUT2D eigenvalue weighted by Crippen LogP contribution is 2.28. The van der Waals surface area contributed by atoms with Crippen LogP contribution in [-0.2, 0) is 6.42 Å². The van der Waals surface area contributed by atoms with E-state index in [2.05, 4.69) is 20.8 Å². The van der Waals surface area contributed by atoms with Gasteiger partial charge in [0.25, 0.3) is 0 Å². The van der Waals surface area contributed by atoms with Crippen LogP contribution in [0, 0.1) is 11.2 Å². The fraction of sp³-hybridized carbons (Fsp3) is 0.571. The van der Waals surface area contributed by atoms with Gasteiger partial charge >= 0.3 is 0 Å². The molecule has 0 aliphatic rings. The van der Waals surface area contributed by atoms with Crippen LogP contribution in [0.15, 0.2) is 18.2 Å². The lowest BCUT2D eigenvalue weighted by Crippen LogP contribution is -2.21. The molecule has 0 radical (unpaired) electrons. The number of hydrogen-bond donors (Lipinski definition) is 0. The summed E-state index contributed by atoms with van der Waals surface area (Å²) in [6.07, 6.45) is 1.63. The maximum absolute atomic E-state index is 13.5. The minimum Gasteiger partial charge on any atom is -0.494 e. The van der Waals surface area contributed by atoms with Crippen molar-refractivity contribution < 1.29 is 9.13 Å². The molecule has 96 valence electrons. The molecule has 1 unspecified atom stereocenters. The van der Waals surface area contributed by atoms with Crippen molar-refractivity contribution in [1.29, 1.82) is 0 Å². The van der Waals surface area contributed by atoms with Gasteiger partial charge in [-0.25, -0.2) is 4.39 Å². The summed E-state index contributed by atoms with van der Waals surface area (Å²) in [5.41, 5.74) is 1.03. The molecule has 0 aromatic heterocycles.